The summed E-state index contributed by atoms with van der Waals surface area (Å²) in [5, 5.41) is 0. The van der Waals surface area contributed by atoms with Gasteiger partial charge in [-0.2, -0.15) is 0 Å². The highest BCUT2D eigenvalue weighted by molar-refractivity contribution is 6.34. The molecule has 0 aromatic heterocycles. The molecule has 26 heavy (non-hydrogen) atoms. The summed E-state index contributed by atoms with van der Waals surface area (Å²) in [6, 6.07) is 13.8. The van der Waals surface area contributed by atoms with E-state index < -0.39 is 0 Å². The van der Waals surface area contributed by atoms with E-state index in [0.717, 1.165) is 25.8 Å². The summed E-state index contributed by atoms with van der Waals surface area (Å²) in [5.74, 6) is -0.644. The monoisotopic (exact) mass is 348 g/mol. The number of likely N-dealkylation sites (tertiary alicyclic amines) is 1. The van der Waals surface area contributed by atoms with E-state index in [2.05, 4.69) is 6.92 Å². The zero-order chi connectivity index (χ0) is 18.3. The molecule has 0 spiro atoms. The van der Waals surface area contributed by atoms with Gasteiger partial charge in [-0.3, -0.25) is 14.4 Å². The molecule has 2 heterocycles. The van der Waals surface area contributed by atoms with Gasteiger partial charge in [-0.25, -0.2) is 4.90 Å². The minimum absolute atomic E-state index is 0.00566. The Balaban J connectivity index is 1.58. The fourth-order valence-corrected chi connectivity index (χ4v) is 3.74. The van der Waals surface area contributed by atoms with Crippen LogP contribution in [0.25, 0.3) is 0 Å². The number of piperidine rings is 1. The lowest BCUT2D eigenvalue weighted by molar-refractivity contribution is 0.0635. The standard InChI is InChI=1S/C21H20N2O3/c1-14-6-4-5-13-22(14)19(24)15-9-11-16(12-10-15)23-20(25)17-7-2-3-8-18(17)21(23)26/h2-3,7-12,14H,4-6,13H2,1H3. The maximum atomic E-state index is 12.7. The lowest BCUT2D eigenvalue weighted by Crippen LogP contribution is -2.42. The Morgan fingerprint density at radius 1 is 0.923 bits per heavy atom. The van der Waals surface area contributed by atoms with E-state index in [4.69, 9.17) is 0 Å². The summed E-state index contributed by atoms with van der Waals surface area (Å²) >= 11 is 0. The molecule has 0 radical (unpaired) electrons. The second-order valence-electron chi connectivity index (χ2n) is 6.88. The number of rotatable bonds is 2. The normalized spacial score (nSPS) is 19.7. The molecule has 2 aromatic carbocycles. The van der Waals surface area contributed by atoms with Crippen LogP contribution in [-0.2, 0) is 0 Å². The first-order valence-electron chi connectivity index (χ1n) is 8.97. The van der Waals surface area contributed by atoms with Crippen molar-refractivity contribution < 1.29 is 14.4 Å². The lowest BCUT2D eigenvalue weighted by Gasteiger charge is -2.33. The maximum Gasteiger partial charge on any atom is 0.266 e. The Labute approximate surface area is 152 Å². The quantitative estimate of drug-likeness (QED) is 0.781. The Morgan fingerprint density at radius 2 is 1.54 bits per heavy atom. The number of anilines is 1. The van der Waals surface area contributed by atoms with E-state index in [1.807, 2.05) is 4.90 Å². The van der Waals surface area contributed by atoms with Gasteiger partial charge in [0.25, 0.3) is 17.7 Å². The number of fused-ring (bicyclic) bond motifs is 1. The SMILES string of the molecule is CC1CCCCN1C(=O)c1ccc(N2C(=O)c3ccccc3C2=O)cc1. The number of amides is 3. The smallest absolute Gasteiger partial charge is 0.266 e. The second kappa shape index (κ2) is 6.41. The van der Waals surface area contributed by atoms with Crippen molar-refractivity contribution in [2.75, 3.05) is 11.4 Å². The molecule has 0 aliphatic carbocycles. The van der Waals surface area contributed by atoms with Crippen LogP contribution in [0.5, 0.6) is 0 Å². The molecule has 2 aliphatic rings. The number of carbonyl (C=O) groups is 3. The van der Waals surface area contributed by atoms with Crippen LogP contribution in [0.4, 0.5) is 5.69 Å². The number of carbonyl (C=O) groups excluding carboxylic acids is 3. The predicted molar refractivity (Wildman–Crippen MR) is 98.4 cm³/mol. The average molecular weight is 348 g/mol. The summed E-state index contributed by atoms with van der Waals surface area (Å²) in [4.78, 5) is 40.9. The molecular weight excluding hydrogens is 328 g/mol. The molecule has 2 aliphatic heterocycles. The summed E-state index contributed by atoms with van der Waals surface area (Å²) in [7, 11) is 0. The first-order chi connectivity index (χ1) is 12.6. The van der Waals surface area contributed by atoms with Gasteiger partial charge in [-0.15, -0.1) is 0 Å². The molecule has 0 saturated carbocycles. The van der Waals surface area contributed by atoms with E-state index in [1.165, 1.54) is 4.90 Å². The largest absolute Gasteiger partial charge is 0.336 e. The first-order valence-corrected chi connectivity index (χ1v) is 8.97. The molecular formula is C21H20N2O3. The van der Waals surface area contributed by atoms with E-state index in [0.29, 0.717) is 22.4 Å². The average Bonchev–Trinajstić information content (AvgIpc) is 2.93. The minimum Gasteiger partial charge on any atom is -0.336 e. The minimum atomic E-state index is -0.325. The zero-order valence-corrected chi connectivity index (χ0v) is 14.6. The van der Waals surface area contributed by atoms with Gasteiger partial charge < -0.3 is 4.90 Å². The summed E-state index contributed by atoms with van der Waals surface area (Å²) in [6.07, 6.45) is 3.21. The number of hydrogen-bond donors (Lipinski definition) is 0. The number of hydrogen-bond acceptors (Lipinski definition) is 3. The first kappa shape index (κ1) is 16.5. The van der Waals surface area contributed by atoms with Gasteiger partial charge in [-0.1, -0.05) is 12.1 Å². The van der Waals surface area contributed by atoms with Crippen molar-refractivity contribution in [1.29, 1.82) is 0 Å². The molecule has 4 rings (SSSR count). The van der Waals surface area contributed by atoms with Gasteiger partial charge in [0, 0.05) is 18.2 Å². The predicted octanol–water partition coefficient (Wildman–Crippen LogP) is 3.50. The molecule has 2 aromatic rings. The second-order valence-corrected chi connectivity index (χ2v) is 6.88. The molecule has 1 fully saturated rings. The zero-order valence-electron chi connectivity index (χ0n) is 14.6. The third kappa shape index (κ3) is 2.60. The Morgan fingerprint density at radius 3 is 2.12 bits per heavy atom. The van der Waals surface area contributed by atoms with Gasteiger partial charge in [0.2, 0.25) is 0 Å². The van der Waals surface area contributed by atoms with E-state index in [9.17, 15) is 14.4 Å². The van der Waals surface area contributed by atoms with Gasteiger partial charge in [0.1, 0.15) is 0 Å². The third-order valence-corrected chi connectivity index (χ3v) is 5.23. The van der Waals surface area contributed by atoms with Gasteiger partial charge in [-0.05, 0) is 62.6 Å². The van der Waals surface area contributed by atoms with Crippen molar-refractivity contribution in [3.8, 4) is 0 Å². The molecule has 3 amide bonds. The molecule has 1 atom stereocenters. The summed E-state index contributed by atoms with van der Waals surface area (Å²) in [5.41, 5.74) is 1.90. The van der Waals surface area contributed by atoms with E-state index in [1.54, 1.807) is 48.5 Å². The summed E-state index contributed by atoms with van der Waals surface area (Å²) < 4.78 is 0. The maximum absolute atomic E-state index is 12.7. The van der Waals surface area contributed by atoms with Crippen molar-refractivity contribution in [2.24, 2.45) is 0 Å². The van der Waals surface area contributed by atoms with Gasteiger partial charge in [0.15, 0.2) is 0 Å². The van der Waals surface area contributed by atoms with Crippen molar-refractivity contribution in [1.82, 2.24) is 4.90 Å². The van der Waals surface area contributed by atoms with Crippen molar-refractivity contribution in [3.63, 3.8) is 0 Å². The molecule has 132 valence electrons. The van der Waals surface area contributed by atoms with Crippen molar-refractivity contribution >= 4 is 23.4 Å². The van der Waals surface area contributed by atoms with Crippen LogP contribution in [0.2, 0.25) is 0 Å². The molecule has 5 heteroatoms. The highest BCUT2D eigenvalue weighted by Crippen LogP contribution is 2.29. The van der Waals surface area contributed by atoms with Crippen LogP contribution in [0.15, 0.2) is 48.5 Å². The van der Waals surface area contributed by atoms with Gasteiger partial charge in [0.05, 0.1) is 16.8 Å². The molecule has 1 saturated heterocycles. The lowest BCUT2D eigenvalue weighted by atomic mass is 10.0. The van der Waals surface area contributed by atoms with Crippen LogP contribution in [-0.4, -0.2) is 35.2 Å². The van der Waals surface area contributed by atoms with E-state index >= 15 is 0 Å². The molecule has 0 bridgehead atoms. The fourth-order valence-electron chi connectivity index (χ4n) is 3.74. The Hall–Kier alpha value is -2.95. The molecule has 1 unspecified atom stereocenters. The fraction of sp³-hybridized carbons (Fsp3) is 0.286. The Bertz CT molecular complexity index is 853. The topological polar surface area (TPSA) is 57.7 Å². The van der Waals surface area contributed by atoms with Crippen LogP contribution in [0.3, 0.4) is 0 Å². The number of benzene rings is 2. The van der Waals surface area contributed by atoms with Crippen LogP contribution in [0.1, 0.15) is 57.3 Å². The van der Waals surface area contributed by atoms with E-state index in [-0.39, 0.29) is 23.8 Å². The Kier molecular flexibility index (Phi) is 4.07. The third-order valence-electron chi connectivity index (χ3n) is 5.23. The summed E-state index contributed by atoms with van der Waals surface area (Å²) in [6.45, 7) is 2.85. The van der Waals surface area contributed by atoms with Crippen LogP contribution in [0, 0.1) is 0 Å². The highest BCUT2D eigenvalue weighted by Gasteiger charge is 2.36. The highest BCUT2D eigenvalue weighted by atomic mass is 16.2. The van der Waals surface area contributed by atoms with Gasteiger partial charge >= 0.3 is 0 Å². The number of nitrogens with zero attached hydrogens (tertiary/aromatic N) is 2. The number of imide groups is 1. The molecule has 5 nitrogen and oxygen atoms in total. The molecule has 0 N–H and O–H groups in total. The van der Waals surface area contributed by atoms with Crippen LogP contribution < -0.4 is 4.90 Å². The van der Waals surface area contributed by atoms with Crippen molar-refractivity contribution in [2.45, 2.75) is 32.2 Å². The van der Waals surface area contributed by atoms with Crippen LogP contribution >= 0.6 is 0 Å². The van der Waals surface area contributed by atoms with Crippen molar-refractivity contribution in [3.05, 3.63) is 65.2 Å².